The predicted octanol–water partition coefficient (Wildman–Crippen LogP) is 6.64. The third-order valence-corrected chi connectivity index (χ3v) is 15.2. The highest BCUT2D eigenvalue weighted by atomic mass is 79.9. The molecule has 0 unspecified atom stereocenters. The summed E-state index contributed by atoms with van der Waals surface area (Å²) in [7, 11) is -7.10. The van der Waals surface area contributed by atoms with Crippen molar-refractivity contribution in [3.8, 4) is 0 Å². The molecule has 1 heterocycles. The predicted molar refractivity (Wildman–Crippen MR) is 165 cm³/mol. The zero-order chi connectivity index (χ0) is 30.3. The van der Waals surface area contributed by atoms with Gasteiger partial charge >= 0.3 is 0 Å². The highest BCUT2D eigenvalue weighted by Gasteiger charge is 2.61. The zero-order valence-electron chi connectivity index (χ0n) is 24.1. The number of aliphatic hydroxyl groups excluding tert-OH is 1. The van der Waals surface area contributed by atoms with Crippen LogP contribution in [0.1, 0.15) is 49.4 Å². The fourth-order valence-corrected chi connectivity index (χ4v) is 8.36. The van der Waals surface area contributed by atoms with Crippen LogP contribution in [0.15, 0.2) is 88.2 Å². The lowest BCUT2D eigenvalue weighted by atomic mass is 9.77. The van der Waals surface area contributed by atoms with Crippen LogP contribution < -0.4 is 0 Å². The second-order valence-electron chi connectivity index (χ2n) is 12.1. The highest BCUT2D eigenvalue weighted by molar-refractivity contribution is 9.10. The molecule has 0 radical (unpaired) electrons. The Bertz CT molecular complexity index is 1480. The maximum absolute atomic E-state index is 14.3. The van der Waals surface area contributed by atoms with Crippen LogP contribution in [0, 0.1) is 17.0 Å². The summed E-state index contributed by atoms with van der Waals surface area (Å²) in [6.07, 6.45) is -2.90. The van der Waals surface area contributed by atoms with Crippen LogP contribution in [-0.4, -0.2) is 49.4 Å². The van der Waals surface area contributed by atoms with E-state index in [0.717, 1.165) is 14.3 Å². The summed E-state index contributed by atoms with van der Waals surface area (Å²) < 4.78 is 37.2. The molecular weight excluding hydrogens is 624 g/mol. The molecule has 1 fully saturated rings. The van der Waals surface area contributed by atoms with E-state index in [-0.39, 0.29) is 9.93 Å². The SMILES string of the molecule is Cc1ccc(S(=O)(=O)N2[C@H](O)[C@@H](O[Si](C)(C)C(C)(C)C)[C@@H](c3ccc(Br)cc3)[C@@H]([N+](=O)[O-])[C@@H]2c2ccccc2)cc1. The summed E-state index contributed by atoms with van der Waals surface area (Å²) in [6, 6.07) is 19.1. The molecule has 11 heteroatoms. The second kappa shape index (κ2) is 11.7. The average Bonchev–Trinajstić information content (AvgIpc) is 2.89. The molecule has 0 amide bonds. The van der Waals surface area contributed by atoms with Crippen molar-refractivity contribution in [1.82, 2.24) is 4.31 Å². The fraction of sp³-hybridized carbons (Fsp3) is 0.400. The Balaban J connectivity index is 2.02. The number of halogens is 1. The standard InChI is InChI=1S/C30H37BrN2O6SSi/c1-20-12-18-24(19-13-20)40(37,38)32-26(22-10-8-7-9-11-22)27(33(35)36)25(21-14-16-23(31)17-15-21)28(29(32)34)39-41(5,6)30(2,3)4/h7-19,25-29,34H,1-6H3/t25-,26-,27+,28-,29+/m0/s1. The van der Waals surface area contributed by atoms with Gasteiger partial charge in [0.2, 0.25) is 16.1 Å². The summed E-state index contributed by atoms with van der Waals surface area (Å²) >= 11 is 3.44. The van der Waals surface area contributed by atoms with Gasteiger partial charge in [0.05, 0.1) is 16.9 Å². The Kier molecular flexibility index (Phi) is 8.99. The molecule has 3 aromatic rings. The monoisotopic (exact) mass is 660 g/mol. The molecule has 0 aromatic heterocycles. The van der Waals surface area contributed by atoms with Crippen molar-refractivity contribution in [2.24, 2.45) is 0 Å². The van der Waals surface area contributed by atoms with Crippen molar-refractivity contribution in [2.45, 2.75) is 81.1 Å². The molecule has 5 atom stereocenters. The molecule has 0 aliphatic carbocycles. The van der Waals surface area contributed by atoms with Gasteiger partial charge < -0.3 is 9.53 Å². The van der Waals surface area contributed by atoms with Crippen molar-refractivity contribution >= 4 is 34.3 Å². The van der Waals surface area contributed by atoms with Gasteiger partial charge in [0.25, 0.3) is 0 Å². The minimum atomic E-state index is -4.42. The van der Waals surface area contributed by atoms with Gasteiger partial charge in [0.1, 0.15) is 12.3 Å². The molecule has 8 nitrogen and oxygen atoms in total. The first-order valence-electron chi connectivity index (χ1n) is 13.5. The second-order valence-corrected chi connectivity index (χ2v) is 19.6. The van der Waals surface area contributed by atoms with Gasteiger partial charge in [-0.05, 0) is 60.4 Å². The van der Waals surface area contributed by atoms with Crippen molar-refractivity contribution < 1.29 is 22.9 Å². The first-order valence-corrected chi connectivity index (χ1v) is 18.6. The number of nitrogens with zero attached hydrogens (tertiary/aromatic N) is 2. The Morgan fingerprint density at radius 3 is 2.02 bits per heavy atom. The van der Waals surface area contributed by atoms with E-state index in [1.165, 1.54) is 12.1 Å². The maximum Gasteiger partial charge on any atom is 0.246 e. The molecule has 220 valence electrons. The molecule has 1 aliphatic heterocycles. The molecule has 0 bridgehead atoms. The molecular formula is C30H37BrN2O6SSi. The fourth-order valence-electron chi connectivity index (χ4n) is 5.12. The number of sulfonamides is 1. The van der Waals surface area contributed by atoms with Gasteiger partial charge in [-0.15, -0.1) is 0 Å². The minimum Gasteiger partial charge on any atom is -0.409 e. The summed E-state index contributed by atoms with van der Waals surface area (Å²) in [6.45, 7) is 11.9. The number of rotatable bonds is 7. The van der Waals surface area contributed by atoms with Crippen LogP contribution in [0.2, 0.25) is 18.1 Å². The van der Waals surface area contributed by atoms with Crippen molar-refractivity contribution in [3.05, 3.63) is 110 Å². The van der Waals surface area contributed by atoms with Gasteiger partial charge in [-0.25, -0.2) is 8.42 Å². The topological polar surface area (TPSA) is 110 Å². The first-order chi connectivity index (χ1) is 19.1. The van der Waals surface area contributed by atoms with Crippen LogP contribution in [0.5, 0.6) is 0 Å². The Labute approximate surface area is 251 Å². The number of hydrogen-bond donors (Lipinski definition) is 1. The summed E-state index contributed by atoms with van der Waals surface area (Å²) in [4.78, 5) is 12.6. The summed E-state index contributed by atoms with van der Waals surface area (Å²) in [5.74, 6) is -0.947. The van der Waals surface area contributed by atoms with E-state index in [4.69, 9.17) is 4.43 Å². The number of aliphatic hydroxyl groups is 1. The van der Waals surface area contributed by atoms with Crippen LogP contribution in [0.3, 0.4) is 0 Å². The van der Waals surface area contributed by atoms with Gasteiger partial charge in [0, 0.05) is 9.40 Å². The van der Waals surface area contributed by atoms with Crippen LogP contribution in [-0.2, 0) is 14.4 Å². The largest absolute Gasteiger partial charge is 0.409 e. The maximum atomic E-state index is 14.3. The Morgan fingerprint density at radius 2 is 1.51 bits per heavy atom. The molecule has 0 saturated carbocycles. The summed E-state index contributed by atoms with van der Waals surface area (Å²) in [5.41, 5.74) is 1.86. The molecule has 1 aliphatic rings. The molecule has 1 N–H and O–H groups in total. The van der Waals surface area contributed by atoms with Gasteiger partial charge in [-0.3, -0.25) is 10.1 Å². The Morgan fingerprint density at radius 1 is 0.951 bits per heavy atom. The lowest BCUT2D eigenvalue weighted by Gasteiger charge is -2.50. The minimum absolute atomic E-state index is 0.0571. The highest BCUT2D eigenvalue weighted by Crippen LogP contribution is 2.49. The Hall–Kier alpha value is -2.41. The van der Waals surface area contributed by atoms with Crippen LogP contribution in [0.25, 0.3) is 0 Å². The van der Waals surface area contributed by atoms with E-state index in [0.29, 0.717) is 11.1 Å². The number of piperidine rings is 1. The number of nitro groups is 1. The number of aryl methyl sites for hydroxylation is 1. The molecule has 41 heavy (non-hydrogen) atoms. The number of hydrogen-bond acceptors (Lipinski definition) is 6. The van der Waals surface area contributed by atoms with E-state index in [2.05, 4.69) is 15.9 Å². The average molecular weight is 662 g/mol. The first kappa shape index (κ1) is 31.5. The van der Waals surface area contributed by atoms with Crippen molar-refractivity contribution in [1.29, 1.82) is 0 Å². The van der Waals surface area contributed by atoms with E-state index >= 15 is 0 Å². The van der Waals surface area contributed by atoms with Crippen LogP contribution in [0.4, 0.5) is 0 Å². The van der Waals surface area contributed by atoms with E-state index in [1.54, 1.807) is 66.7 Å². The summed E-state index contributed by atoms with van der Waals surface area (Å²) in [5, 5.41) is 24.9. The van der Waals surface area contributed by atoms with Crippen molar-refractivity contribution in [3.63, 3.8) is 0 Å². The van der Waals surface area contributed by atoms with E-state index in [1.807, 2.05) is 40.8 Å². The van der Waals surface area contributed by atoms with E-state index in [9.17, 15) is 23.6 Å². The van der Waals surface area contributed by atoms with Crippen LogP contribution >= 0.6 is 15.9 Å². The van der Waals surface area contributed by atoms with Crippen molar-refractivity contribution in [2.75, 3.05) is 0 Å². The third kappa shape index (κ3) is 6.20. The zero-order valence-corrected chi connectivity index (χ0v) is 27.5. The van der Waals surface area contributed by atoms with Gasteiger partial charge in [-0.2, -0.15) is 4.31 Å². The molecule has 1 saturated heterocycles. The lowest BCUT2D eigenvalue weighted by Crippen LogP contribution is -2.65. The number of benzene rings is 3. The smallest absolute Gasteiger partial charge is 0.246 e. The molecule has 3 aromatic carbocycles. The normalized spacial score (nSPS) is 24.2. The molecule has 0 spiro atoms. The van der Waals surface area contributed by atoms with E-state index < -0.39 is 53.6 Å². The van der Waals surface area contributed by atoms with Gasteiger partial charge in [-0.1, -0.05) is 96.9 Å². The third-order valence-electron chi connectivity index (χ3n) is 8.35. The quantitative estimate of drug-likeness (QED) is 0.173. The molecule has 4 rings (SSSR count). The van der Waals surface area contributed by atoms with Gasteiger partial charge in [0.15, 0.2) is 8.32 Å². The lowest BCUT2D eigenvalue weighted by molar-refractivity contribution is -0.543.